The topological polar surface area (TPSA) is 246 Å². The molecule has 0 aromatic carbocycles. The van der Waals surface area contributed by atoms with Gasteiger partial charge in [0, 0.05) is 43.0 Å². The number of Topliss-reactive ketones (excluding diaryl/α,β-unsaturated/α-hetero) is 1. The Kier molecular flexibility index (Phi) is 11.2. The molecule has 0 bridgehead atoms. The molecule has 17 heteroatoms. The van der Waals surface area contributed by atoms with E-state index >= 15 is 0 Å². The van der Waals surface area contributed by atoms with Crippen LogP contribution in [0.3, 0.4) is 0 Å². The van der Waals surface area contributed by atoms with Gasteiger partial charge in [0.15, 0.2) is 11.7 Å². The van der Waals surface area contributed by atoms with E-state index in [0.29, 0.717) is 71.0 Å². The number of hydrogen-bond donors (Lipinski definition) is 6. The lowest BCUT2D eigenvalue weighted by atomic mass is 9.43. The first kappa shape index (κ1) is 40.1. The molecule has 2 saturated carbocycles. The van der Waals surface area contributed by atoms with Crippen molar-refractivity contribution >= 4 is 41.7 Å². The number of rotatable bonds is 13. The molecule has 5 heterocycles. The van der Waals surface area contributed by atoms with E-state index in [2.05, 4.69) is 37.5 Å². The van der Waals surface area contributed by atoms with E-state index in [1.807, 2.05) is 13.8 Å². The molecule has 56 heavy (non-hydrogen) atoms. The van der Waals surface area contributed by atoms with Gasteiger partial charge in [-0.25, -0.2) is 14.8 Å². The summed E-state index contributed by atoms with van der Waals surface area (Å²) in [6, 6.07) is -2.38. The molecular formula is C39H54N8O9. The van der Waals surface area contributed by atoms with Crippen LogP contribution in [0.2, 0.25) is 0 Å². The molecule has 6 aliphatic rings. The third-order valence-electron chi connectivity index (χ3n) is 13.3. The van der Waals surface area contributed by atoms with Crippen LogP contribution in [-0.4, -0.2) is 137 Å². The molecule has 2 aliphatic carbocycles. The van der Waals surface area contributed by atoms with Gasteiger partial charge >= 0.3 is 5.97 Å². The molecule has 7 rings (SSSR count). The Morgan fingerprint density at radius 3 is 2.61 bits per heavy atom. The summed E-state index contributed by atoms with van der Waals surface area (Å²) in [5.74, 6) is -0.832. The number of nitrogens with one attached hydrogen (secondary N) is 3. The van der Waals surface area contributed by atoms with Gasteiger partial charge in [0.1, 0.15) is 17.2 Å². The maximum Gasteiger partial charge on any atom is 0.341 e. The van der Waals surface area contributed by atoms with Crippen LogP contribution < -0.4 is 21.9 Å². The fourth-order valence-corrected chi connectivity index (χ4v) is 9.99. The normalized spacial score (nSPS) is 34.8. The number of aliphatic hydroxyl groups excluding tert-OH is 2. The maximum absolute atomic E-state index is 13.8. The lowest BCUT2D eigenvalue weighted by Crippen LogP contribution is -2.68. The number of anilines is 1. The number of aliphatic hydroxyl groups is 2. The average Bonchev–Trinajstić information content (AvgIpc) is 3.62. The van der Waals surface area contributed by atoms with Gasteiger partial charge in [-0.15, -0.1) is 0 Å². The number of amidine groups is 1. The highest BCUT2D eigenvalue weighted by Gasteiger charge is 2.71. The summed E-state index contributed by atoms with van der Waals surface area (Å²) in [5, 5.41) is 29.5. The summed E-state index contributed by atoms with van der Waals surface area (Å²) < 4.78 is 17.7. The number of nitrogen functional groups attached to an aromatic ring is 1. The molecule has 1 spiro atoms. The van der Waals surface area contributed by atoms with E-state index in [1.54, 1.807) is 24.1 Å². The van der Waals surface area contributed by atoms with E-state index in [0.717, 1.165) is 0 Å². The molecule has 1 aromatic heterocycles. The summed E-state index contributed by atoms with van der Waals surface area (Å²) >= 11 is 0. The summed E-state index contributed by atoms with van der Waals surface area (Å²) in [5.41, 5.74) is 3.40. The number of H-pyrrole nitrogens is 1. The number of fused-ring (bicyclic) bond motifs is 1. The van der Waals surface area contributed by atoms with Crippen LogP contribution in [0.15, 0.2) is 38.4 Å². The highest BCUT2D eigenvalue weighted by Crippen LogP contribution is 2.66. The van der Waals surface area contributed by atoms with Gasteiger partial charge in [0.25, 0.3) is 5.56 Å². The fourth-order valence-electron chi connectivity index (χ4n) is 9.99. The average molecular weight is 779 g/mol. The lowest BCUT2D eigenvalue weighted by Gasteiger charge is -2.63. The van der Waals surface area contributed by atoms with Crippen molar-refractivity contribution in [2.75, 3.05) is 51.8 Å². The van der Waals surface area contributed by atoms with Crippen molar-refractivity contribution in [1.82, 2.24) is 25.5 Å². The predicted octanol–water partition coefficient (Wildman–Crippen LogP) is 0.125. The number of morpholine rings is 1. The summed E-state index contributed by atoms with van der Waals surface area (Å²) in [6.45, 7) is 10.2. The number of nitrogens with zero attached hydrogens (tertiary/aromatic N) is 4. The van der Waals surface area contributed by atoms with Gasteiger partial charge in [-0.1, -0.05) is 13.8 Å². The number of amides is 1. The van der Waals surface area contributed by atoms with Gasteiger partial charge in [-0.05, 0) is 68.9 Å². The molecule has 7 unspecified atom stereocenters. The van der Waals surface area contributed by atoms with Crippen molar-refractivity contribution < 1.29 is 38.8 Å². The third-order valence-corrected chi connectivity index (χ3v) is 13.3. The van der Waals surface area contributed by atoms with Crippen molar-refractivity contribution in [3.05, 3.63) is 39.5 Å². The zero-order valence-electron chi connectivity index (χ0n) is 32.5. The smallest absolute Gasteiger partial charge is 0.341 e. The van der Waals surface area contributed by atoms with E-state index < -0.39 is 52.2 Å². The van der Waals surface area contributed by atoms with Crippen molar-refractivity contribution in [3.8, 4) is 0 Å². The second-order valence-corrected chi connectivity index (χ2v) is 16.7. The number of hydrogen-bond acceptors (Lipinski definition) is 15. The van der Waals surface area contributed by atoms with Crippen molar-refractivity contribution in [1.29, 1.82) is 0 Å². The molecule has 1 amide bonds. The van der Waals surface area contributed by atoms with Gasteiger partial charge in [-0.3, -0.25) is 24.4 Å². The first-order valence-electron chi connectivity index (χ1n) is 19.6. The first-order valence-corrected chi connectivity index (χ1v) is 19.6. The van der Waals surface area contributed by atoms with E-state index in [9.17, 15) is 29.4 Å². The second kappa shape index (κ2) is 15.7. The maximum atomic E-state index is 13.8. The molecular weight excluding hydrogens is 724 g/mol. The highest BCUT2D eigenvalue weighted by atomic mass is 16.6. The Morgan fingerprint density at radius 1 is 1.20 bits per heavy atom. The highest BCUT2D eigenvalue weighted by molar-refractivity contribution is 6.07. The van der Waals surface area contributed by atoms with Crippen LogP contribution >= 0.6 is 0 Å². The number of aliphatic imine (C=N–C) groups is 2. The number of epoxide rings is 1. The van der Waals surface area contributed by atoms with Crippen LogP contribution in [0.1, 0.15) is 65.4 Å². The van der Waals surface area contributed by atoms with E-state index in [1.165, 1.54) is 12.3 Å². The minimum absolute atomic E-state index is 0.0169. The van der Waals surface area contributed by atoms with Crippen LogP contribution in [-0.2, 0) is 28.6 Å². The predicted molar refractivity (Wildman–Crippen MR) is 205 cm³/mol. The minimum atomic E-state index is -0.866. The van der Waals surface area contributed by atoms with Gasteiger partial charge in [0.2, 0.25) is 5.91 Å². The Labute approximate surface area is 325 Å². The number of nitrogens with two attached hydrogens (primary N) is 1. The molecule has 2 saturated heterocycles. The van der Waals surface area contributed by atoms with Crippen LogP contribution in [0, 0.1) is 22.7 Å². The number of aromatic amines is 1. The molecule has 17 nitrogen and oxygen atoms in total. The molecule has 10 atom stereocenters. The Hall–Kier alpha value is -4.13. The number of aromatic nitrogens is 2. The standard InChI is InChI=1S/C39H54N8O9/c1-21(27(49)16-32-41-7-8-42-32)44-26(25-14-24(56-35(25)53)13-23-18-43-36(40)46-33(23)51)15-29-37(3)6-5-31(50)38(4,19-48)28(37)17-30(39(29)20-55-39)45-22(2)34(52)47-9-11-54-12-10-47/h7,13-14,18,21-22,26,28-31,44-45,48,50H,5-6,8-12,15-17,19-20H2,1-4H3,(H3,40,43,46,51)/b24-13+/t21?,22?,26?,28?,29?,30?,31-,37+,38+,39?/m1/s1. The second-order valence-electron chi connectivity index (χ2n) is 16.7. The Balaban J connectivity index is 1.26. The summed E-state index contributed by atoms with van der Waals surface area (Å²) in [6.07, 6.45) is 7.10. The zero-order chi connectivity index (χ0) is 40.0. The number of esters is 1. The molecule has 1 aromatic rings. The molecule has 4 aliphatic heterocycles. The van der Waals surface area contributed by atoms with Crippen molar-refractivity contribution in [2.24, 2.45) is 32.7 Å². The molecule has 0 radical (unpaired) electrons. The zero-order valence-corrected chi connectivity index (χ0v) is 32.5. The summed E-state index contributed by atoms with van der Waals surface area (Å²) in [7, 11) is 0. The van der Waals surface area contributed by atoms with E-state index in [-0.39, 0.29) is 65.4 Å². The van der Waals surface area contributed by atoms with Crippen LogP contribution in [0.4, 0.5) is 5.95 Å². The van der Waals surface area contributed by atoms with E-state index in [4.69, 9.17) is 19.9 Å². The molecule has 304 valence electrons. The fraction of sp³-hybridized carbons (Fsp3) is 0.667. The first-order chi connectivity index (χ1) is 26.7. The monoisotopic (exact) mass is 778 g/mol. The van der Waals surface area contributed by atoms with Gasteiger partial charge in [0.05, 0.1) is 68.7 Å². The minimum Gasteiger partial charge on any atom is -0.423 e. The quantitative estimate of drug-likeness (QED) is 0.115. The Bertz CT molecular complexity index is 1900. The van der Waals surface area contributed by atoms with Crippen molar-refractivity contribution in [3.63, 3.8) is 0 Å². The molecule has 7 N–H and O–H groups in total. The number of cyclic esters (lactones) is 1. The number of carbonyl (C=O) groups is 3. The van der Waals surface area contributed by atoms with Gasteiger partial charge < -0.3 is 45.7 Å². The number of allylic oxidation sites excluding steroid dienone is 1. The number of carbonyl (C=O) groups excluding carboxylic acids is 3. The molecule has 4 fully saturated rings. The third kappa shape index (κ3) is 7.52. The van der Waals surface area contributed by atoms with Crippen LogP contribution in [0.25, 0.3) is 6.08 Å². The Morgan fingerprint density at radius 2 is 1.95 bits per heavy atom. The SMILES string of the molecule is CC(NC(CC1C2(CO2)C(NC(C)C(=O)N2CCOCC2)CC2[C@]1(C)CC[C@@H](O)[C@@]2(C)CO)C1=C/C(=C\c2cnc(N)[nH]c2=O)OC1=O)C(=O)CC1=NCC=N1. The van der Waals surface area contributed by atoms with Gasteiger partial charge in [-0.2, -0.15) is 0 Å². The lowest BCUT2D eigenvalue weighted by molar-refractivity contribution is -0.185. The number of ether oxygens (including phenoxy) is 3. The number of ketones is 1. The van der Waals surface area contributed by atoms with Crippen molar-refractivity contribution in [2.45, 2.75) is 95.7 Å². The summed E-state index contributed by atoms with van der Waals surface area (Å²) in [4.78, 5) is 70.4. The van der Waals surface area contributed by atoms with Crippen LogP contribution in [0.5, 0.6) is 0 Å². The largest absolute Gasteiger partial charge is 0.423 e.